The zero-order valence-corrected chi connectivity index (χ0v) is 14.1. The van der Waals surface area contributed by atoms with Crippen LogP contribution in [-0.2, 0) is 11.3 Å². The quantitative estimate of drug-likeness (QED) is 0.797. The topological polar surface area (TPSA) is 29.5 Å². The SMILES string of the molecule is Cc1ccc(C(=O)OCc2ccccc2)c(N2CCSCC2)c1. The molecule has 0 radical (unpaired) electrons. The first-order valence-corrected chi connectivity index (χ1v) is 9.04. The summed E-state index contributed by atoms with van der Waals surface area (Å²) < 4.78 is 5.51. The predicted molar refractivity (Wildman–Crippen MR) is 96.3 cm³/mol. The Labute approximate surface area is 141 Å². The number of benzene rings is 2. The Kier molecular flexibility index (Phi) is 5.23. The molecule has 4 heteroatoms. The van der Waals surface area contributed by atoms with Crippen LogP contribution in [0.4, 0.5) is 5.69 Å². The van der Waals surface area contributed by atoms with E-state index in [4.69, 9.17) is 4.74 Å². The van der Waals surface area contributed by atoms with Gasteiger partial charge in [-0.25, -0.2) is 4.79 Å². The molecule has 0 aromatic heterocycles. The van der Waals surface area contributed by atoms with Crippen LogP contribution in [0.25, 0.3) is 0 Å². The maximum absolute atomic E-state index is 12.5. The molecule has 0 unspecified atom stereocenters. The fraction of sp³-hybridized carbons (Fsp3) is 0.316. The summed E-state index contributed by atoms with van der Waals surface area (Å²) in [5.74, 6) is 1.96. The third-order valence-electron chi connectivity index (χ3n) is 3.94. The molecule has 0 atom stereocenters. The fourth-order valence-corrected chi connectivity index (χ4v) is 3.58. The second-order valence-corrected chi connectivity index (χ2v) is 6.91. The van der Waals surface area contributed by atoms with Gasteiger partial charge >= 0.3 is 5.97 Å². The van der Waals surface area contributed by atoms with Crippen LogP contribution in [0.2, 0.25) is 0 Å². The van der Waals surface area contributed by atoms with E-state index in [9.17, 15) is 4.79 Å². The van der Waals surface area contributed by atoms with E-state index in [1.54, 1.807) is 0 Å². The number of rotatable bonds is 4. The van der Waals surface area contributed by atoms with E-state index < -0.39 is 0 Å². The first kappa shape index (κ1) is 15.9. The standard InChI is InChI=1S/C19H21NO2S/c1-15-7-8-17(18(13-15)20-9-11-23-12-10-20)19(21)22-14-16-5-3-2-4-6-16/h2-8,13H,9-12,14H2,1H3. The number of ether oxygens (including phenoxy) is 1. The van der Waals surface area contributed by atoms with Crippen molar-refractivity contribution in [2.75, 3.05) is 29.5 Å². The highest BCUT2D eigenvalue weighted by Crippen LogP contribution is 2.26. The molecule has 0 spiro atoms. The van der Waals surface area contributed by atoms with Crippen molar-refractivity contribution in [3.05, 3.63) is 65.2 Å². The minimum absolute atomic E-state index is 0.248. The van der Waals surface area contributed by atoms with Gasteiger partial charge < -0.3 is 9.64 Å². The highest BCUT2D eigenvalue weighted by molar-refractivity contribution is 7.99. The number of esters is 1. The number of hydrogen-bond donors (Lipinski definition) is 0. The molecule has 0 bridgehead atoms. The maximum atomic E-state index is 12.5. The van der Waals surface area contributed by atoms with Crippen molar-refractivity contribution in [2.45, 2.75) is 13.5 Å². The number of aryl methyl sites for hydroxylation is 1. The number of nitrogens with zero attached hydrogens (tertiary/aromatic N) is 1. The molecule has 0 aliphatic carbocycles. The summed E-state index contributed by atoms with van der Waals surface area (Å²) in [6, 6.07) is 15.7. The normalized spacial score (nSPS) is 14.6. The summed E-state index contributed by atoms with van der Waals surface area (Å²) in [5, 5.41) is 0. The maximum Gasteiger partial charge on any atom is 0.340 e. The van der Waals surface area contributed by atoms with Crippen molar-refractivity contribution in [3.63, 3.8) is 0 Å². The highest BCUT2D eigenvalue weighted by atomic mass is 32.2. The van der Waals surface area contributed by atoms with E-state index in [-0.39, 0.29) is 5.97 Å². The van der Waals surface area contributed by atoms with Gasteiger partial charge in [-0.2, -0.15) is 11.8 Å². The average Bonchev–Trinajstić information content (AvgIpc) is 2.61. The summed E-state index contributed by atoms with van der Waals surface area (Å²) in [4.78, 5) is 14.8. The molecule has 2 aromatic rings. The molecular weight excluding hydrogens is 306 g/mol. The molecule has 1 saturated heterocycles. The lowest BCUT2D eigenvalue weighted by Gasteiger charge is -2.30. The number of thioether (sulfide) groups is 1. The predicted octanol–water partition coefficient (Wildman–Crippen LogP) is 3.91. The first-order chi connectivity index (χ1) is 11.2. The molecule has 0 saturated carbocycles. The summed E-state index contributed by atoms with van der Waals surface area (Å²) in [5.41, 5.74) is 3.84. The van der Waals surface area contributed by atoms with Crippen molar-refractivity contribution in [3.8, 4) is 0 Å². The van der Waals surface area contributed by atoms with Crippen LogP contribution in [0.3, 0.4) is 0 Å². The van der Waals surface area contributed by atoms with Crippen molar-refractivity contribution < 1.29 is 9.53 Å². The van der Waals surface area contributed by atoms with Crippen LogP contribution in [0.5, 0.6) is 0 Å². The second-order valence-electron chi connectivity index (χ2n) is 5.68. The number of carbonyl (C=O) groups excluding carboxylic acids is 1. The number of carbonyl (C=O) groups is 1. The van der Waals surface area contributed by atoms with Crippen molar-refractivity contribution in [1.82, 2.24) is 0 Å². The second kappa shape index (κ2) is 7.55. The van der Waals surface area contributed by atoms with Gasteiger partial charge in [0.1, 0.15) is 6.61 Å². The molecule has 0 N–H and O–H groups in total. The van der Waals surface area contributed by atoms with Gasteiger partial charge in [0, 0.05) is 24.6 Å². The summed E-state index contributed by atoms with van der Waals surface area (Å²) in [6.45, 7) is 4.32. The van der Waals surface area contributed by atoms with Crippen LogP contribution in [0.15, 0.2) is 48.5 Å². The Morgan fingerprint density at radius 1 is 1.13 bits per heavy atom. The number of anilines is 1. The van der Waals surface area contributed by atoms with Crippen LogP contribution in [0, 0.1) is 6.92 Å². The average molecular weight is 327 g/mol. The lowest BCUT2D eigenvalue weighted by Crippen LogP contribution is -2.33. The van der Waals surface area contributed by atoms with Gasteiger partial charge in [-0.05, 0) is 30.2 Å². The monoisotopic (exact) mass is 327 g/mol. The lowest BCUT2D eigenvalue weighted by molar-refractivity contribution is 0.0473. The molecule has 1 aliphatic heterocycles. The van der Waals surface area contributed by atoms with Crippen molar-refractivity contribution in [2.24, 2.45) is 0 Å². The van der Waals surface area contributed by atoms with Gasteiger partial charge in [-0.3, -0.25) is 0 Å². The molecule has 3 rings (SSSR count). The zero-order valence-electron chi connectivity index (χ0n) is 13.3. The van der Waals surface area contributed by atoms with E-state index in [2.05, 4.69) is 17.9 Å². The molecular formula is C19H21NO2S. The number of hydrogen-bond acceptors (Lipinski definition) is 4. The van der Waals surface area contributed by atoms with Crippen LogP contribution in [0.1, 0.15) is 21.5 Å². The van der Waals surface area contributed by atoms with E-state index in [0.29, 0.717) is 12.2 Å². The van der Waals surface area contributed by atoms with Crippen LogP contribution >= 0.6 is 11.8 Å². The van der Waals surface area contributed by atoms with E-state index in [1.165, 1.54) is 0 Å². The van der Waals surface area contributed by atoms with Gasteiger partial charge in [0.15, 0.2) is 0 Å². The smallest absolute Gasteiger partial charge is 0.340 e. The summed E-state index contributed by atoms with van der Waals surface area (Å²) >= 11 is 1.96. The molecule has 1 heterocycles. The van der Waals surface area contributed by atoms with Crippen LogP contribution in [-0.4, -0.2) is 30.6 Å². The molecule has 2 aromatic carbocycles. The Morgan fingerprint density at radius 2 is 1.87 bits per heavy atom. The molecule has 120 valence electrons. The molecule has 1 fully saturated rings. The first-order valence-electron chi connectivity index (χ1n) is 7.88. The minimum atomic E-state index is -0.248. The van der Waals surface area contributed by atoms with Gasteiger partial charge in [0.05, 0.1) is 11.3 Å². The molecule has 0 amide bonds. The molecule has 23 heavy (non-hydrogen) atoms. The highest BCUT2D eigenvalue weighted by Gasteiger charge is 2.19. The van der Waals surface area contributed by atoms with Gasteiger partial charge in [0.2, 0.25) is 0 Å². The minimum Gasteiger partial charge on any atom is -0.457 e. The van der Waals surface area contributed by atoms with Gasteiger partial charge in [-0.1, -0.05) is 36.4 Å². The third-order valence-corrected chi connectivity index (χ3v) is 4.88. The van der Waals surface area contributed by atoms with Gasteiger partial charge in [0.25, 0.3) is 0 Å². The molecule has 3 nitrogen and oxygen atoms in total. The third kappa shape index (κ3) is 4.08. The summed E-state index contributed by atoms with van der Waals surface area (Å²) in [6.07, 6.45) is 0. The Morgan fingerprint density at radius 3 is 2.61 bits per heavy atom. The fourth-order valence-electron chi connectivity index (χ4n) is 2.68. The Hall–Kier alpha value is -1.94. The van der Waals surface area contributed by atoms with Crippen molar-refractivity contribution >= 4 is 23.4 Å². The van der Waals surface area contributed by atoms with E-state index in [0.717, 1.165) is 41.4 Å². The van der Waals surface area contributed by atoms with Crippen molar-refractivity contribution in [1.29, 1.82) is 0 Å². The lowest BCUT2D eigenvalue weighted by atomic mass is 10.1. The zero-order chi connectivity index (χ0) is 16.1. The van der Waals surface area contributed by atoms with Gasteiger partial charge in [-0.15, -0.1) is 0 Å². The van der Waals surface area contributed by atoms with E-state index in [1.807, 2.05) is 54.2 Å². The Balaban J connectivity index is 1.76. The van der Waals surface area contributed by atoms with E-state index >= 15 is 0 Å². The van der Waals surface area contributed by atoms with Crippen LogP contribution < -0.4 is 4.90 Å². The largest absolute Gasteiger partial charge is 0.457 e. The summed E-state index contributed by atoms with van der Waals surface area (Å²) in [7, 11) is 0. The Bertz CT molecular complexity index is 666. The molecule has 1 aliphatic rings.